The van der Waals surface area contributed by atoms with Crippen LogP contribution in [-0.2, 0) is 4.74 Å². The van der Waals surface area contributed by atoms with Gasteiger partial charge in [-0.05, 0) is 32.4 Å². The molecule has 1 saturated heterocycles. The number of amides is 2. The molecular weight excluding hydrogens is 332 g/mol. The van der Waals surface area contributed by atoms with Gasteiger partial charge in [0.15, 0.2) is 5.75 Å². The van der Waals surface area contributed by atoms with Crippen LogP contribution in [0.5, 0.6) is 5.75 Å². The van der Waals surface area contributed by atoms with E-state index in [1.165, 1.54) is 7.11 Å². The molecule has 2 heterocycles. The molecule has 0 radical (unpaired) electrons. The third kappa shape index (κ3) is 2.79. The minimum absolute atomic E-state index is 0.0989. The molecule has 2 aliphatic rings. The predicted octanol–water partition coefficient (Wildman–Crippen LogP) is 3.10. The molecule has 7 heteroatoms. The Labute approximate surface area is 146 Å². The number of piperazine rings is 1. The molecule has 0 bridgehead atoms. The normalized spacial score (nSPS) is 19.9. The van der Waals surface area contributed by atoms with E-state index in [0.717, 1.165) is 5.56 Å². The molecule has 0 spiro atoms. The second-order valence-electron chi connectivity index (χ2n) is 6.99. The minimum Gasteiger partial charge on any atom is -0.494 e. The SMILES string of the molecule is COc1c(Cl)ccc2c1C(=O)N1CCN(C(=O)OC(C)(C)C)C[C@@H]21. The molecule has 1 atom stereocenters. The molecule has 130 valence electrons. The Morgan fingerprint density at radius 3 is 2.62 bits per heavy atom. The second-order valence-corrected chi connectivity index (χ2v) is 7.39. The fourth-order valence-corrected chi connectivity index (χ4v) is 3.43. The van der Waals surface area contributed by atoms with Crippen molar-refractivity contribution in [2.75, 3.05) is 26.7 Å². The van der Waals surface area contributed by atoms with Gasteiger partial charge < -0.3 is 19.3 Å². The summed E-state index contributed by atoms with van der Waals surface area (Å²) in [5.41, 5.74) is 0.796. The number of hydrogen-bond acceptors (Lipinski definition) is 4. The van der Waals surface area contributed by atoms with Gasteiger partial charge in [0.05, 0.1) is 23.7 Å². The number of carbonyl (C=O) groups is 2. The molecule has 0 aromatic heterocycles. The van der Waals surface area contributed by atoms with Crippen LogP contribution in [0.2, 0.25) is 5.02 Å². The molecule has 2 aliphatic heterocycles. The molecule has 6 nitrogen and oxygen atoms in total. The highest BCUT2D eigenvalue weighted by molar-refractivity contribution is 6.33. The number of nitrogens with zero attached hydrogens (tertiary/aromatic N) is 2. The molecule has 1 aromatic carbocycles. The van der Waals surface area contributed by atoms with Crippen molar-refractivity contribution < 1.29 is 19.1 Å². The summed E-state index contributed by atoms with van der Waals surface area (Å²) in [4.78, 5) is 28.5. The highest BCUT2D eigenvalue weighted by Gasteiger charge is 2.44. The second kappa shape index (κ2) is 5.84. The van der Waals surface area contributed by atoms with Crippen molar-refractivity contribution in [1.82, 2.24) is 9.80 Å². The van der Waals surface area contributed by atoms with Crippen LogP contribution in [0.3, 0.4) is 0 Å². The summed E-state index contributed by atoms with van der Waals surface area (Å²) < 4.78 is 10.8. The standard InChI is InChI=1S/C17H21ClN2O4/c1-17(2,3)24-16(22)19-7-8-20-12(9-19)10-5-6-11(18)14(23-4)13(10)15(20)21/h5-6,12H,7-9H2,1-4H3/t12-/m0/s1. The number of fused-ring (bicyclic) bond motifs is 3. The molecule has 3 rings (SSSR count). The van der Waals surface area contributed by atoms with Crippen molar-refractivity contribution >= 4 is 23.6 Å². The molecular formula is C17H21ClN2O4. The van der Waals surface area contributed by atoms with E-state index in [1.54, 1.807) is 15.9 Å². The third-order valence-electron chi connectivity index (χ3n) is 4.21. The van der Waals surface area contributed by atoms with Gasteiger partial charge in [-0.3, -0.25) is 4.79 Å². The summed E-state index contributed by atoms with van der Waals surface area (Å²) in [6.45, 7) is 6.81. The topological polar surface area (TPSA) is 59.1 Å². The van der Waals surface area contributed by atoms with Gasteiger partial charge in [0.1, 0.15) is 5.60 Å². The smallest absolute Gasteiger partial charge is 0.410 e. The lowest BCUT2D eigenvalue weighted by Gasteiger charge is -2.38. The number of benzene rings is 1. The zero-order valence-electron chi connectivity index (χ0n) is 14.3. The summed E-state index contributed by atoms with van der Waals surface area (Å²) in [5, 5.41) is 0.411. The average molecular weight is 353 g/mol. The fourth-order valence-electron chi connectivity index (χ4n) is 3.20. The first-order valence-electron chi connectivity index (χ1n) is 7.88. The predicted molar refractivity (Wildman–Crippen MR) is 89.6 cm³/mol. The molecule has 0 aliphatic carbocycles. The van der Waals surface area contributed by atoms with Crippen molar-refractivity contribution in [1.29, 1.82) is 0 Å². The summed E-state index contributed by atoms with van der Waals surface area (Å²) in [6.07, 6.45) is -0.357. The van der Waals surface area contributed by atoms with Gasteiger partial charge in [0.2, 0.25) is 0 Å². The molecule has 0 N–H and O–H groups in total. The Morgan fingerprint density at radius 1 is 1.29 bits per heavy atom. The van der Waals surface area contributed by atoms with Gasteiger partial charge in [-0.15, -0.1) is 0 Å². The van der Waals surface area contributed by atoms with Gasteiger partial charge in [-0.25, -0.2) is 4.79 Å². The molecule has 1 fully saturated rings. The number of carbonyl (C=O) groups excluding carboxylic acids is 2. The van der Waals surface area contributed by atoms with E-state index >= 15 is 0 Å². The summed E-state index contributed by atoms with van der Waals surface area (Å²) in [6, 6.07) is 3.36. The third-order valence-corrected chi connectivity index (χ3v) is 4.51. The fraction of sp³-hybridized carbons (Fsp3) is 0.529. The number of halogens is 1. The number of ether oxygens (including phenoxy) is 2. The maximum absolute atomic E-state index is 12.7. The Morgan fingerprint density at radius 2 is 2.00 bits per heavy atom. The maximum Gasteiger partial charge on any atom is 0.410 e. The molecule has 1 aromatic rings. The van der Waals surface area contributed by atoms with E-state index in [0.29, 0.717) is 36.0 Å². The summed E-state index contributed by atoms with van der Waals surface area (Å²) in [7, 11) is 1.50. The zero-order chi connectivity index (χ0) is 17.6. The number of methoxy groups -OCH3 is 1. The number of rotatable bonds is 1. The van der Waals surface area contributed by atoms with Gasteiger partial charge in [-0.1, -0.05) is 17.7 Å². The van der Waals surface area contributed by atoms with Crippen LogP contribution < -0.4 is 4.74 Å². The highest BCUT2D eigenvalue weighted by atomic mass is 35.5. The molecule has 24 heavy (non-hydrogen) atoms. The minimum atomic E-state index is -0.547. The molecule has 2 amide bonds. The largest absolute Gasteiger partial charge is 0.494 e. The molecule has 0 saturated carbocycles. The Balaban J connectivity index is 1.89. The summed E-state index contributed by atoms with van der Waals surface area (Å²) >= 11 is 6.14. The van der Waals surface area contributed by atoms with Crippen LogP contribution in [-0.4, -0.2) is 54.1 Å². The van der Waals surface area contributed by atoms with Crippen molar-refractivity contribution in [3.05, 3.63) is 28.3 Å². The Hall–Kier alpha value is -1.95. The van der Waals surface area contributed by atoms with Crippen LogP contribution >= 0.6 is 11.6 Å². The van der Waals surface area contributed by atoms with E-state index in [9.17, 15) is 9.59 Å². The first kappa shape index (κ1) is 16.9. The van der Waals surface area contributed by atoms with Gasteiger partial charge >= 0.3 is 6.09 Å². The summed E-state index contributed by atoms with van der Waals surface area (Å²) in [5.74, 6) is 0.301. The Kier molecular flexibility index (Phi) is 4.11. The van der Waals surface area contributed by atoms with E-state index < -0.39 is 5.60 Å². The van der Waals surface area contributed by atoms with Crippen molar-refractivity contribution in [3.8, 4) is 5.75 Å². The van der Waals surface area contributed by atoms with Crippen LogP contribution in [0.25, 0.3) is 0 Å². The average Bonchev–Trinajstić information content (AvgIpc) is 2.78. The van der Waals surface area contributed by atoms with E-state index in [4.69, 9.17) is 21.1 Å². The zero-order valence-corrected chi connectivity index (χ0v) is 15.0. The number of hydrogen-bond donors (Lipinski definition) is 0. The van der Waals surface area contributed by atoms with E-state index in [2.05, 4.69) is 0 Å². The van der Waals surface area contributed by atoms with Crippen LogP contribution in [0, 0.1) is 0 Å². The highest BCUT2D eigenvalue weighted by Crippen LogP contribution is 2.43. The quantitative estimate of drug-likeness (QED) is 0.779. The van der Waals surface area contributed by atoms with Crippen molar-refractivity contribution in [3.63, 3.8) is 0 Å². The monoisotopic (exact) mass is 352 g/mol. The van der Waals surface area contributed by atoms with Crippen molar-refractivity contribution in [2.24, 2.45) is 0 Å². The van der Waals surface area contributed by atoms with Crippen LogP contribution in [0.1, 0.15) is 42.7 Å². The van der Waals surface area contributed by atoms with Crippen LogP contribution in [0.15, 0.2) is 12.1 Å². The maximum atomic E-state index is 12.7. The first-order chi connectivity index (χ1) is 11.2. The Bertz CT molecular complexity index is 699. The van der Waals surface area contributed by atoms with Gasteiger partial charge in [-0.2, -0.15) is 0 Å². The molecule has 0 unspecified atom stereocenters. The lowest BCUT2D eigenvalue weighted by molar-refractivity contribution is 0.00656. The van der Waals surface area contributed by atoms with Crippen molar-refractivity contribution in [2.45, 2.75) is 32.4 Å². The lowest BCUT2D eigenvalue weighted by atomic mass is 10.0. The van der Waals surface area contributed by atoms with E-state index in [-0.39, 0.29) is 18.0 Å². The first-order valence-corrected chi connectivity index (χ1v) is 8.26. The van der Waals surface area contributed by atoms with Gasteiger partial charge in [0, 0.05) is 19.6 Å². The van der Waals surface area contributed by atoms with E-state index in [1.807, 2.05) is 26.8 Å². The van der Waals surface area contributed by atoms with Gasteiger partial charge in [0.25, 0.3) is 5.91 Å². The van der Waals surface area contributed by atoms with Crippen LogP contribution in [0.4, 0.5) is 4.79 Å². The lowest BCUT2D eigenvalue weighted by Crippen LogP contribution is -2.50.